The molecule has 3 heteroatoms. The summed E-state index contributed by atoms with van der Waals surface area (Å²) in [4.78, 5) is 10.9. The van der Waals surface area contributed by atoms with Crippen LogP contribution in [-0.2, 0) is 9.53 Å². The number of allylic oxidation sites excluding steroid dienone is 1. The number of nitrogens with two attached hydrogens (primary N) is 1. The lowest BCUT2D eigenvalue weighted by Crippen LogP contribution is -2.31. The van der Waals surface area contributed by atoms with Gasteiger partial charge in [-0.2, -0.15) is 0 Å². The molecule has 0 aliphatic carbocycles. The average Bonchev–Trinajstić information content (AvgIpc) is 2.16. The van der Waals surface area contributed by atoms with Crippen molar-refractivity contribution in [3.63, 3.8) is 0 Å². The van der Waals surface area contributed by atoms with Crippen LogP contribution in [0.1, 0.15) is 32.1 Å². The zero-order valence-corrected chi connectivity index (χ0v) is 8.29. The van der Waals surface area contributed by atoms with Crippen LogP contribution in [0.4, 0.5) is 0 Å². The van der Waals surface area contributed by atoms with Gasteiger partial charge >= 0.3 is 5.97 Å². The summed E-state index contributed by atoms with van der Waals surface area (Å²) in [6.07, 6.45) is 6.84. The van der Waals surface area contributed by atoms with E-state index in [1.165, 1.54) is 7.11 Å². The summed E-state index contributed by atoms with van der Waals surface area (Å²) in [7, 11) is 1.36. The molecule has 0 radical (unpaired) electrons. The fourth-order valence-electron chi connectivity index (χ4n) is 1.10. The van der Waals surface area contributed by atoms with Crippen molar-refractivity contribution in [3.05, 3.63) is 12.7 Å². The van der Waals surface area contributed by atoms with Gasteiger partial charge in [0.05, 0.1) is 7.11 Å². The molecule has 0 heterocycles. The first-order valence-electron chi connectivity index (χ1n) is 4.66. The second-order valence-electron chi connectivity index (χ2n) is 3.06. The summed E-state index contributed by atoms with van der Waals surface area (Å²) in [5, 5.41) is 0. The van der Waals surface area contributed by atoms with Gasteiger partial charge in [-0.05, 0) is 19.3 Å². The van der Waals surface area contributed by atoms with Crippen molar-refractivity contribution >= 4 is 5.97 Å². The van der Waals surface area contributed by atoms with Gasteiger partial charge in [0.15, 0.2) is 0 Å². The molecular formula is C10H19NO2. The van der Waals surface area contributed by atoms with Crippen molar-refractivity contribution in [2.75, 3.05) is 7.11 Å². The summed E-state index contributed by atoms with van der Waals surface area (Å²) < 4.78 is 4.51. The molecule has 0 fully saturated rings. The lowest BCUT2D eigenvalue weighted by Gasteiger charge is -2.07. The van der Waals surface area contributed by atoms with E-state index in [9.17, 15) is 4.79 Å². The molecule has 76 valence electrons. The van der Waals surface area contributed by atoms with Crippen LogP contribution in [0.15, 0.2) is 12.7 Å². The van der Waals surface area contributed by atoms with Crippen LogP contribution in [0.2, 0.25) is 0 Å². The Balaban J connectivity index is 3.31. The van der Waals surface area contributed by atoms with Crippen LogP contribution in [0.5, 0.6) is 0 Å². The molecule has 0 aromatic heterocycles. The number of hydrogen-bond acceptors (Lipinski definition) is 3. The topological polar surface area (TPSA) is 52.3 Å². The van der Waals surface area contributed by atoms with E-state index < -0.39 is 6.04 Å². The first-order valence-corrected chi connectivity index (χ1v) is 4.66. The van der Waals surface area contributed by atoms with E-state index >= 15 is 0 Å². The van der Waals surface area contributed by atoms with E-state index in [1.54, 1.807) is 0 Å². The van der Waals surface area contributed by atoms with Gasteiger partial charge in [0.1, 0.15) is 6.04 Å². The molecule has 0 saturated heterocycles. The maximum absolute atomic E-state index is 10.9. The predicted molar refractivity (Wildman–Crippen MR) is 53.3 cm³/mol. The minimum atomic E-state index is -0.450. The van der Waals surface area contributed by atoms with E-state index in [-0.39, 0.29) is 5.97 Å². The standard InChI is InChI=1S/C10H19NO2/c1-3-4-5-6-7-8-9(11)10(12)13-2/h3,9H,1,4-8,11H2,2H3/t9-/m0/s1. The quantitative estimate of drug-likeness (QED) is 0.372. The number of rotatable bonds is 7. The van der Waals surface area contributed by atoms with Crippen LogP contribution in [-0.4, -0.2) is 19.1 Å². The molecule has 1 atom stereocenters. The maximum Gasteiger partial charge on any atom is 0.322 e. The Morgan fingerprint density at radius 2 is 2.23 bits per heavy atom. The van der Waals surface area contributed by atoms with Gasteiger partial charge in [-0.25, -0.2) is 0 Å². The van der Waals surface area contributed by atoms with Gasteiger partial charge in [-0.1, -0.05) is 18.9 Å². The zero-order valence-electron chi connectivity index (χ0n) is 8.29. The minimum absolute atomic E-state index is 0.316. The van der Waals surface area contributed by atoms with Crippen LogP contribution < -0.4 is 5.73 Å². The maximum atomic E-state index is 10.9. The lowest BCUT2D eigenvalue weighted by atomic mass is 10.1. The molecule has 0 unspecified atom stereocenters. The second-order valence-corrected chi connectivity index (χ2v) is 3.06. The minimum Gasteiger partial charge on any atom is -0.468 e. The van der Waals surface area contributed by atoms with E-state index in [2.05, 4.69) is 11.3 Å². The highest BCUT2D eigenvalue weighted by molar-refractivity contribution is 5.75. The number of hydrogen-bond donors (Lipinski definition) is 1. The first-order chi connectivity index (χ1) is 6.22. The van der Waals surface area contributed by atoms with E-state index in [1.807, 2.05) is 6.08 Å². The summed E-state index contributed by atoms with van der Waals surface area (Å²) >= 11 is 0. The molecule has 0 aromatic rings. The number of unbranched alkanes of at least 4 members (excludes halogenated alkanes) is 3. The highest BCUT2D eigenvalue weighted by Gasteiger charge is 2.11. The molecule has 0 rings (SSSR count). The normalized spacial score (nSPS) is 12.2. The first kappa shape index (κ1) is 12.2. The zero-order chi connectivity index (χ0) is 10.1. The van der Waals surface area contributed by atoms with Crippen molar-refractivity contribution in [3.8, 4) is 0 Å². The van der Waals surface area contributed by atoms with Crippen LogP contribution in [0.3, 0.4) is 0 Å². The van der Waals surface area contributed by atoms with E-state index in [0.29, 0.717) is 6.42 Å². The third kappa shape index (κ3) is 6.34. The molecule has 0 amide bonds. The molecule has 0 aromatic carbocycles. The fraction of sp³-hybridized carbons (Fsp3) is 0.700. The number of methoxy groups -OCH3 is 1. The predicted octanol–water partition coefficient (Wildman–Crippen LogP) is 1.62. The van der Waals surface area contributed by atoms with Crippen molar-refractivity contribution in [2.24, 2.45) is 5.73 Å². The molecule has 0 spiro atoms. The van der Waals surface area contributed by atoms with Crippen molar-refractivity contribution in [2.45, 2.75) is 38.1 Å². The molecule has 13 heavy (non-hydrogen) atoms. The average molecular weight is 185 g/mol. The van der Waals surface area contributed by atoms with Gasteiger partial charge in [0.25, 0.3) is 0 Å². The molecule has 0 aliphatic rings. The smallest absolute Gasteiger partial charge is 0.322 e. The fourth-order valence-corrected chi connectivity index (χ4v) is 1.10. The molecule has 0 saturated carbocycles. The summed E-state index contributed by atoms with van der Waals surface area (Å²) in [5.74, 6) is -0.316. The molecule has 0 bridgehead atoms. The van der Waals surface area contributed by atoms with Crippen LogP contribution in [0.25, 0.3) is 0 Å². The third-order valence-corrected chi connectivity index (χ3v) is 1.93. The highest BCUT2D eigenvalue weighted by Crippen LogP contribution is 2.05. The molecular weight excluding hydrogens is 166 g/mol. The van der Waals surface area contributed by atoms with E-state index in [0.717, 1.165) is 25.7 Å². The number of esters is 1. The monoisotopic (exact) mass is 185 g/mol. The largest absolute Gasteiger partial charge is 0.468 e. The number of carbonyl (C=O) groups excluding carboxylic acids is 1. The van der Waals surface area contributed by atoms with Crippen LogP contribution in [0, 0.1) is 0 Å². The van der Waals surface area contributed by atoms with Crippen molar-refractivity contribution < 1.29 is 9.53 Å². The third-order valence-electron chi connectivity index (χ3n) is 1.93. The summed E-state index contributed by atoms with van der Waals surface area (Å²) in [6.45, 7) is 3.64. The molecule has 0 aliphatic heterocycles. The number of ether oxygens (including phenoxy) is 1. The molecule has 2 N–H and O–H groups in total. The Morgan fingerprint density at radius 3 is 2.77 bits per heavy atom. The number of carbonyl (C=O) groups is 1. The van der Waals surface area contributed by atoms with E-state index in [4.69, 9.17) is 5.73 Å². The Hall–Kier alpha value is -0.830. The van der Waals surface area contributed by atoms with Crippen molar-refractivity contribution in [1.29, 1.82) is 0 Å². The summed E-state index contributed by atoms with van der Waals surface area (Å²) in [5.41, 5.74) is 5.55. The second kappa shape index (κ2) is 7.80. The Kier molecular flexibility index (Phi) is 7.30. The lowest BCUT2D eigenvalue weighted by molar-refractivity contribution is -0.142. The van der Waals surface area contributed by atoms with Crippen molar-refractivity contribution in [1.82, 2.24) is 0 Å². The SMILES string of the molecule is C=CCCCCC[C@H](N)C(=O)OC. The highest BCUT2D eigenvalue weighted by atomic mass is 16.5. The Bertz CT molecular complexity index is 157. The Morgan fingerprint density at radius 1 is 1.54 bits per heavy atom. The van der Waals surface area contributed by atoms with Gasteiger partial charge in [-0.3, -0.25) is 4.79 Å². The van der Waals surface area contributed by atoms with Gasteiger partial charge in [-0.15, -0.1) is 6.58 Å². The summed E-state index contributed by atoms with van der Waals surface area (Å²) in [6, 6.07) is -0.450. The van der Waals surface area contributed by atoms with Crippen LogP contribution >= 0.6 is 0 Å². The van der Waals surface area contributed by atoms with Gasteiger partial charge in [0.2, 0.25) is 0 Å². The molecule has 3 nitrogen and oxygen atoms in total. The van der Waals surface area contributed by atoms with Gasteiger partial charge < -0.3 is 10.5 Å². The van der Waals surface area contributed by atoms with Gasteiger partial charge in [0, 0.05) is 0 Å². The Labute approximate surface area is 79.9 Å².